The fraction of sp³-hybridized carbons (Fsp3) is 0.148. The first kappa shape index (κ1) is 22.6. The third kappa shape index (κ3) is 4.02. The maximum atomic E-state index is 14.4. The Bertz CT molecular complexity index is 1630. The first-order valence-electron chi connectivity index (χ1n) is 11.7. The second kappa shape index (κ2) is 9.30. The topological polar surface area (TPSA) is 106 Å². The predicted molar refractivity (Wildman–Crippen MR) is 136 cm³/mol. The van der Waals surface area contributed by atoms with Crippen molar-refractivity contribution < 1.29 is 18.7 Å². The van der Waals surface area contributed by atoms with E-state index in [0.717, 1.165) is 16.9 Å². The van der Waals surface area contributed by atoms with Crippen molar-refractivity contribution in [3.8, 4) is 22.8 Å². The van der Waals surface area contributed by atoms with Crippen LogP contribution in [0, 0.1) is 5.82 Å². The number of hydrogen-bond donors (Lipinski definition) is 3. The number of ether oxygens (including phenoxy) is 2. The van der Waals surface area contributed by atoms with Gasteiger partial charge in [0, 0.05) is 54.6 Å². The van der Waals surface area contributed by atoms with Crippen LogP contribution in [0.1, 0.15) is 21.6 Å². The van der Waals surface area contributed by atoms with Gasteiger partial charge in [0.05, 0.1) is 35.9 Å². The van der Waals surface area contributed by atoms with E-state index in [-0.39, 0.29) is 18.3 Å². The molecule has 0 saturated carbocycles. The van der Waals surface area contributed by atoms with E-state index in [0.29, 0.717) is 46.9 Å². The van der Waals surface area contributed by atoms with Crippen LogP contribution in [0.25, 0.3) is 16.9 Å². The summed E-state index contributed by atoms with van der Waals surface area (Å²) in [6, 6.07) is 10.3. The summed E-state index contributed by atoms with van der Waals surface area (Å²) < 4.78 is 27.9. The molecule has 0 aliphatic carbocycles. The second-order valence-corrected chi connectivity index (χ2v) is 8.53. The van der Waals surface area contributed by atoms with E-state index < -0.39 is 5.82 Å². The molecule has 0 bridgehead atoms. The van der Waals surface area contributed by atoms with Gasteiger partial charge in [0.1, 0.15) is 18.0 Å². The van der Waals surface area contributed by atoms with Crippen molar-refractivity contribution in [3.05, 3.63) is 90.0 Å². The lowest BCUT2D eigenvalue weighted by atomic mass is 10.0. The lowest BCUT2D eigenvalue weighted by molar-refractivity contribution is 0.0947. The minimum atomic E-state index is -0.510. The fourth-order valence-electron chi connectivity index (χ4n) is 4.63. The van der Waals surface area contributed by atoms with E-state index in [2.05, 4.69) is 25.6 Å². The van der Waals surface area contributed by atoms with Crippen LogP contribution in [-0.2, 0) is 13.0 Å². The van der Waals surface area contributed by atoms with E-state index in [1.165, 1.54) is 13.2 Å². The van der Waals surface area contributed by atoms with Crippen LogP contribution in [0.2, 0.25) is 0 Å². The van der Waals surface area contributed by atoms with Crippen molar-refractivity contribution >= 4 is 22.9 Å². The number of para-hydroxylation sites is 1. The molecule has 1 aromatic carbocycles. The van der Waals surface area contributed by atoms with Gasteiger partial charge in [0.2, 0.25) is 0 Å². The summed E-state index contributed by atoms with van der Waals surface area (Å²) in [5.74, 6) is -0.156. The van der Waals surface area contributed by atoms with Crippen molar-refractivity contribution in [2.75, 3.05) is 19.0 Å². The summed E-state index contributed by atoms with van der Waals surface area (Å²) in [6.07, 6.45) is 9.45. The number of benzene rings is 1. The number of H-pyrrole nitrogens is 1. The van der Waals surface area contributed by atoms with Crippen LogP contribution >= 0.6 is 0 Å². The number of rotatable bonds is 7. The maximum absolute atomic E-state index is 14.4. The summed E-state index contributed by atoms with van der Waals surface area (Å²) in [5, 5.41) is 6.13. The third-order valence-electron chi connectivity index (χ3n) is 6.33. The van der Waals surface area contributed by atoms with Gasteiger partial charge in [0.25, 0.3) is 5.91 Å². The number of fused-ring (bicyclic) bond motifs is 2. The standard InChI is InChI=1S/C27H23FN6O3/c1-36-25-18(28)5-2-6-20(25)33-24-22-19(8-10-31-27(22)35)32-23(24)17-7-9-29-14-21(17)37-15-16-4-3-12-34-13-11-30-26(16)34/h2-7,9,11-14,32-33H,8,10,15H2,1H3,(H,31,35). The van der Waals surface area contributed by atoms with Crippen LogP contribution in [0.5, 0.6) is 11.5 Å². The Balaban J connectivity index is 1.43. The Kier molecular flexibility index (Phi) is 5.68. The van der Waals surface area contributed by atoms with Gasteiger partial charge in [0.15, 0.2) is 11.6 Å². The number of carbonyl (C=O) groups excluding carboxylic acids is 1. The molecule has 1 aliphatic heterocycles. The summed E-state index contributed by atoms with van der Waals surface area (Å²) in [7, 11) is 1.40. The molecule has 1 aliphatic rings. The van der Waals surface area contributed by atoms with E-state index in [1.807, 2.05) is 35.0 Å². The van der Waals surface area contributed by atoms with Crippen molar-refractivity contribution in [2.45, 2.75) is 13.0 Å². The van der Waals surface area contributed by atoms with Crippen molar-refractivity contribution in [3.63, 3.8) is 0 Å². The molecular formula is C27H23FN6O3. The lowest BCUT2D eigenvalue weighted by Crippen LogP contribution is -2.31. The van der Waals surface area contributed by atoms with Crippen molar-refractivity contribution in [1.29, 1.82) is 0 Å². The molecule has 5 heterocycles. The van der Waals surface area contributed by atoms with Crippen molar-refractivity contribution in [1.82, 2.24) is 24.7 Å². The number of nitrogens with zero attached hydrogens (tertiary/aromatic N) is 3. The average molecular weight is 499 g/mol. The number of halogens is 1. The highest BCUT2D eigenvalue weighted by Gasteiger charge is 2.29. The number of pyridine rings is 2. The Morgan fingerprint density at radius 2 is 2.08 bits per heavy atom. The molecule has 1 amide bonds. The largest absolute Gasteiger partial charge is 0.492 e. The van der Waals surface area contributed by atoms with Gasteiger partial charge in [-0.1, -0.05) is 12.1 Å². The minimum absolute atomic E-state index is 0.0543. The van der Waals surface area contributed by atoms with Gasteiger partial charge in [-0.15, -0.1) is 0 Å². The summed E-state index contributed by atoms with van der Waals surface area (Å²) in [6.45, 7) is 0.782. The van der Waals surface area contributed by atoms with Gasteiger partial charge in [-0.2, -0.15) is 0 Å². The molecule has 9 nitrogen and oxygen atoms in total. The number of methoxy groups -OCH3 is 1. The second-order valence-electron chi connectivity index (χ2n) is 8.53. The Labute approximate surface area is 211 Å². The number of nitrogens with one attached hydrogen (secondary N) is 3. The number of hydrogen-bond acceptors (Lipinski definition) is 6. The maximum Gasteiger partial charge on any atom is 0.255 e. The van der Waals surface area contributed by atoms with Crippen molar-refractivity contribution in [2.24, 2.45) is 0 Å². The molecule has 0 saturated heterocycles. The zero-order chi connectivity index (χ0) is 25.4. The Morgan fingerprint density at radius 3 is 2.97 bits per heavy atom. The number of carbonyl (C=O) groups is 1. The first-order chi connectivity index (χ1) is 18.1. The molecule has 4 aromatic heterocycles. The molecule has 3 N–H and O–H groups in total. The molecule has 0 fully saturated rings. The summed E-state index contributed by atoms with van der Waals surface area (Å²) in [5.41, 5.74) is 5.19. The van der Waals surface area contributed by atoms with Crippen LogP contribution in [0.4, 0.5) is 15.8 Å². The molecule has 37 heavy (non-hydrogen) atoms. The smallest absolute Gasteiger partial charge is 0.255 e. The van der Waals surface area contributed by atoms with Gasteiger partial charge in [-0.05, 0) is 24.3 Å². The molecule has 0 radical (unpaired) electrons. The van der Waals surface area contributed by atoms with Gasteiger partial charge >= 0.3 is 0 Å². The van der Waals surface area contributed by atoms with Gasteiger partial charge < -0.3 is 29.5 Å². The van der Waals surface area contributed by atoms with E-state index >= 15 is 0 Å². The highest BCUT2D eigenvalue weighted by molar-refractivity contribution is 6.06. The molecule has 0 unspecified atom stereocenters. The first-order valence-corrected chi connectivity index (χ1v) is 11.7. The number of aromatic amines is 1. The highest BCUT2D eigenvalue weighted by Crippen LogP contribution is 2.42. The minimum Gasteiger partial charge on any atom is -0.492 e. The molecule has 6 rings (SSSR count). The summed E-state index contributed by atoms with van der Waals surface area (Å²) in [4.78, 5) is 25.0. The molecule has 186 valence electrons. The molecule has 10 heteroatoms. The number of imidazole rings is 1. The van der Waals surface area contributed by atoms with Gasteiger partial charge in [-0.3, -0.25) is 9.78 Å². The third-order valence-corrected chi connectivity index (χ3v) is 6.33. The highest BCUT2D eigenvalue weighted by atomic mass is 19.1. The lowest BCUT2D eigenvalue weighted by Gasteiger charge is -2.17. The average Bonchev–Trinajstić information content (AvgIpc) is 3.54. The molecule has 0 atom stereocenters. The number of aromatic nitrogens is 4. The SMILES string of the molecule is COc1c(F)cccc1Nc1c(-c2ccncc2OCc2cccn3ccnc23)[nH]c2c1C(=O)NCC2. The van der Waals surface area contributed by atoms with E-state index in [4.69, 9.17) is 9.47 Å². The predicted octanol–water partition coefficient (Wildman–Crippen LogP) is 4.48. The van der Waals surface area contributed by atoms with Crippen LogP contribution in [0.3, 0.4) is 0 Å². The molecule has 5 aromatic rings. The van der Waals surface area contributed by atoms with Gasteiger partial charge in [-0.25, -0.2) is 9.37 Å². The van der Waals surface area contributed by atoms with Crippen LogP contribution in [0.15, 0.2) is 67.4 Å². The normalized spacial score (nSPS) is 12.8. The van der Waals surface area contributed by atoms with Crippen LogP contribution in [-0.4, -0.2) is 38.9 Å². The molecular weight excluding hydrogens is 475 g/mol. The quantitative estimate of drug-likeness (QED) is 0.306. The number of anilines is 2. The molecule has 0 spiro atoms. The summed E-state index contributed by atoms with van der Waals surface area (Å²) >= 11 is 0. The van der Waals surface area contributed by atoms with E-state index in [9.17, 15) is 9.18 Å². The Morgan fingerprint density at radius 1 is 1.16 bits per heavy atom. The zero-order valence-corrected chi connectivity index (χ0v) is 19.9. The monoisotopic (exact) mass is 498 g/mol. The Hall–Kier alpha value is -4.86. The fourth-order valence-corrected chi connectivity index (χ4v) is 4.63. The zero-order valence-electron chi connectivity index (χ0n) is 19.9. The number of amides is 1. The van der Waals surface area contributed by atoms with Crippen LogP contribution < -0.4 is 20.1 Å². The van der Waals surface area contributed by atoms with E-state index in [1.54, 1.807) is 30.7 Å².